The van der Waals surface area contributed by atoms with Gasteiger partial charge in [0.1, 0.15) is 6.04 Å². The molecule has 1 aliphatic rings. The monoisotopic (exact) mass is 272 g/mol. The molecule has 19 heavy (non-hydrogen) atoms. The highest BCUT2D eigenvalue weighted by molar-refractivity contribution is 5.82. The van der Waals surface area contributed by atoms with Crippen molar-refractivity contribution >= 4 is 12.0 Å². The molecule has 0 bridgehead atoms. The van der Waals surface area contributed by atoms with E-state index in [-0.39, 0.29) is 19.1 Å². The van der Waals surface area contributed by atoms with Crippen molar-refractivity contribution in [1.29, 1.82) is 0 Å². The van der Waals surface area contributed by atoms with Gasteiger partial charge in [0.15, 0.2) is 0 Å². The third kappa shape index (κ3) is 5.06. The summed E-state index contributed by atoms with van der Waals surface area (Å²) in [6.45, 7) is 4.03. The molecule has 0 spiro atoms. The molecule has 4 atom stereocenters. The molecule has 0 heterocycles. The van der Waals surface area contributed by atoms with E-state index >= 15 is 0 Å². The minimum Gasteiger partial charge on any atom is -0.480 e. The molecular weight excluding hydrogens is 248 g/mol. The number of carboxylic acids is 1. The summed E-state index contributed by atoms with van der Waals surface area (Å²) in [4.78, 5) is 22.6. The Kier molecular flexibility index (Phi) is 6.08. The van der Waals surface area contributed by atoms with E-state index in [0.717, 1.165) is 19.3 Å². The van der Waals surface area contributed by atoms with Gasteiger partial charge in [0, 0.05) is 19.1 Å². The number of carbonyl (C=O) groups is 2. The van der Waals surface area contributed by atoms with Gasteiger partial charge in [-0.1, -0.05) is 13.8 Å². The number of aliphatic carboxylic acids is 1. The third-order valence-corrected chi connectivity index (χ3v) is 3.77. The molecular formula is C13H24N2O4. The van der Waals surface area contributed by atoms with Gasteiger partial charge in [-0.15, -0.1) is 0 Å². The van der Waals surface area contributed by atoms with Crippen LogP contribution in [0.25, 0.3) is 0 Å². The molecule has 0 aromatic heterocycles. The van der Waals surface area contributed by atoms with E-state index in [9.17, 15) is 9.59 Å². The van der Waals surface area contributed by atoms with Gasteiger partial charge in [-0.3, -0.25) is 0 Å². The van der Waals surface area contributed by atoms with Crippen molar-refractivity contribution in [2.24, 2.45) is 11.8 Å². The van der Waals surface area contributed by atoms with Crippen molar-refractivity contribution in [2.75, 3.05) is 6.61 Å². The lowest BCUT2D eigenvalue weighted by atomic mass is 9.80. The molecule has 1 fully saturated rings. The maximum Gasteiger partial charge on any atom is 0.326 e. The second-order valence-electron chi connectivity index (χ2n) is 5.52. The van der Waals surface area contributed by atoms with Crippen LogP contribution in [0.3, 0.4) is 0 Å². The summed E-state index contributed by atoms with van der Waals surface area (Å²) in [5, 5.41) is 22.9. The molecule has 0 radical (unpaired) electrons. The van der Waals surface area contributed by atoms with Gasteiger partial charge in [-0.25, -0.2) is 9.59 Å². The van der Waals surface area contributed by atoms with Crippen molar-refractivity contribution in [2.45, 2.75) is 51.6 Å². The maximum atomic E-state index is 11.8. The van der Waals surface area contributed by atoms with E-state index in [2.05, 4.69) is 24.5 Å². The van der Waals surface area contributed by atoms with Crippen molar-refractivity contribution in [1.82, 2.24) is 10.6 Å². The van der Waals surface area contributed by atoms with Gasteiger partial charge >= 0.3 is 12.0 Å². The first-order valence-electron chi connectivity index (χ1n) is 6.84. The Hall–Kier alpha value is -1.30. The van der Waals surface area contributed by atoms with Crippen LogP contribution in [0.5, 0.6) is 0 Å². The molecule has 2 amide bonds. The lowest BCUT2D eigenvalue weighted by Crippen LogP contribution is -2.51. The average Bonchev–Trinajstić information content (AvgIpc) is 2.32. The number of rotatable bonds is 5. The first-order valence-corrected chi connectivity index (χ1v) is 6.84. The zero-order chi connectivity index (χ0) is 14.4. The topological polar surface area (TPSA) is 98.7 Å². The molecule has 3 unspecified atom stereocenters. The molecule has 0 aliphatic heterocycles. The minimum atomic E-state index is -1.13. The lowest BCUT2D eigenvalue weighted by molar-refractivity contribution is -0.139. The number of hydrogen-bond acceptors (Lipinski definition) is 3. The molecule has 0 saturated heterocycles. The number of hydrogen-bond donors (Lipinski definition) is 4. The fourth-order valence-electron chi connectivity index (χ4n) is 2.63. The summed E-state index contributed by atoms with van der Waals surface area (Å²) in [6, 6.07) is -1.41. The Morgan fingerprint density at radius 1 is 1.32 bits per heavy atom. The van der Waals surface area contributed by atoms with Gasteiger partial charge < -0.3 is 20.8 Å². The first-order chi connectivity index (χ1) is 8.93. The summed E-state index contributed by atoms with van der Waals surface area (Å²) < 4.78 is 0. The molecule has 1 rings (SSSR count). The summed E-state index contributed by atoms with van der Waals surface area (Å²) >= 11 is 0. The van der Waals surface area contributed by atoms with Gasteiger partial charge in [-0.2, -0.15) is 0 Å². The summed E-state index contributed by atoms with van der Waals surface area (Å²) in [5.74, 6) is -0.0533. The second-order valence-corrected chi connectivity index (χ2v) is 5.52. The fourth-order valence-corrected chi connectivity index (χ4v) is 2.63. The zero-order valence-corrected chi connectivity index (χ0v) is 11.6. The normalized spacial score (nSPS) is 28.5. The largest absolute Gasteiger partial charge is 0.480 e. The first kappa shape index (κ1) is 15.8. The highest BCUT2D eigenvalue weighted by Crippen LogP contribution is 2.28. The van der Waals surface area contributed by atoms with Crippen molar-refractivity contribution in [3.05, 3.63) is 0 Å². The molecule has 1 saturated carbocycles. The van der Waals surface area contributed by atoms with E-state index in [0.29, 0.717) is 11.8 Å². The van der Waals surface area contributed by atoms with Gasteiger partial charge in [-0.05, 0) is 31.1 Å². The Bertz CT molecular complexity index is 322. The fraction of sp³-hybridized carbons (Fsp3) is 0.846. The van der Waals surface area contributed by atoms with Crippen LogP contribution in [0, 0.1) is 11.8 Å². The van der Waals surface area contributed by atoms with E-state index in [1.54, 1.807) is 0 Å². The number of aliphatic hydroxyl groups is 1. The summed E-state index contributed by atoms with van der Waals surface area (Å²) in [5.41, 5.74) is 0. The number of carbonyl (C=O) groups excluding carboxylic acids is 1. The Labute approximate surface area is 113 Å². The van der Waals surface area contributed by atoms with Crippen molar-refractivity contribution < 1.29 is 19.8 Å². The highest BCUT2D eigenvalue weighted by atomic mass is 16.4. The van der Waals surface area contributed by atoms with Crippen LogP contribution in [0.1, 0.15) is 39.5 Å². The summed E-state index contributed by atoms with van der Waals surface area (Å²) in [7, 11) is 0. The quantitative estimate of drug-likeness (QED) is 0.598. The SMILES string of the molecule is CC1CCC(NC(=O)N[C@H](CCO)C(=O)O)C(C)C1. The zero-order valence-electron chi connectivity index (χ0n) is 11.6. The van der Waals surface area contributed by atoms with Gasteiger partial charge in [0.05, 0.1) is 0 Å². The van der Waals surface area contributed by atoms with E-state index in [1.165, 1.54) is 0 Å². The van der Waals surface area contributed by atoms with Crippen molar-refractivity contribution in [3.63, 3.8) is 0 Å². The standard InChI is InChI=1S/C13H24N2O4/c1-8-3-4-10(9(2)7-8)14-13(19)15-11(5-6-16)12(17)18/h8-11,16H,3-7H2,1-2H3,(H,17,18)(H2,14,15,19)/t8?,9?,10?,11-/m1/s1. The molecule has 6 nitrogen and oxygen atoms in total. The predicted molar refractivity (Wildman–Crippen MR) is 70.8 cm³/mol. The molecule has 6 heteroatoms. The number of aliphatic hydroxyl groups excluding tert-OH is 1. The predicted octanol–water partition coefficient (Wildman–Crippen LogP) is 0.946. The smallest absolute Gasteiger partial charge is 0.326 e. The van der Waals surface area contributed by atoms with Gasteiger partial charge in [0.2, 0.25) is 0 Å². The van der Waals surface area contributed by atoms with Crippen LogP contribution in [-0.2, 0) is 4.79 Å². The number of amides is 2. The van der Waals surface area contributed by atoms with Crippen LogP contribution in [0.4, 0.5) is 4.79 Å². The Morgan fingerprint density at radius 3 is 2.53 bits per heavy atom. The van der Waals surface area contributed by atoms with E-state index < -0.39 is 18.0 Å². The molecule has 0 aromatic carbocycles. The minimum absolute atomic E-state index is 0.0139. The van der Waals surface area contributed by atoms with Crippen molar-refractivity contribution in [3.8, 4) is 0 Å². The highest BCUT2D eigenvalue weighted by Gasteiger charge is 2.27. The third-order valence-electron chi connectivity index (χ3n) is 3.77. The Balaban J connectivity index is 2.43. The number of nitrogens with one attached hydrogen (secondary N) is 2. The molecule has 110 valence electrons. The van der Waals surface area contributed by atoms with Crippen LogP contribution in [-0.4, -0.2) is 40.9 Å². The Morgan fingerprint density at radius 2 is 2.00 bits per heavy atom. The lowest BCUT2D eigenvalue weighted by Gasteiger charge is -2.33. The number of carboxylic acid groups (broad SMARTS) is 1. The van der Waals surface area contributed by atoms with E-state index in [4.69, 9.17) is 10.2 Å². The molecule has 0 aromatic rings. The molecule has 4 N–H and O–H groups in total. The molecule has 1 aliphatic carbocycles. The van der Waals surface area contributed by atoms with Crippen LogP contribution in [0.15, 0.2) is 0 Å². The van der Waals surface area contributed by atoms with Crippen LogP contribution in [0.2, 0.25) is 0 Å². The van der Waals surface area contributed by atoms with E-state index in [1.807, 2.05) is 0 Å². The van der Waals surface area contributed by atoms with Crippen LogP contribution < -0.4 is 10.6 Å². The second kappa shape index (κ2) is 7.33. The van der Waals surface area contributed by atoms with Crippen LogP contribution >= 0.6 is 0 Å². The van der Waals surface area contributed by atoms with Gasteiger partial charge in [0.25, 0.3) is 0 Å². The number of urea groups is 1. The maximum absolute atomic E-state index is 11.8. The summed E-state index contributed by atoms with van der Waals surface area (Å²) in [6.07, 6.45) is 3.09. The average molecular weight is 272 g/mol.